The molecule has 0 atom stereocenters. The maximum absolute atomic E-state index is 13.2. The van der Waals surface area contributed by atoms with Crippen molar-refractivity contribution in [1.29, 1.82) is 0 Å². The average Bonchev–Trinajstić information content (AvgIpc) is 3.35. The monoisotopic (exact) mass is 481 g/mol. The first-order valence-corrected chi connectivity index (χ1v) is 12.8. The molecule has 0 bridgehead atoms. The Kier molecular flexibility index (Phi) is 5.59. The average molecular weight is 482 g/mol. The highest BCUT2D eigenvalue weighted by atomic mass is 32.1. The Labute approximate surface area is 207 Å². The van der Waals surface area contributed by atoms with Crippen LogP contribution >= 0.6 is 11.3 Å². The third-order valence-corrected chi connectivity index (χ3v) is 7.93. The number of piperidine rings is 1. The predicted molar refractivity (Wildman–Crippen MR) is 145 cm³/mol. The first-order valence-electron chi connectivity index (χ1n) is 11.9. The Hall–Kier alpha value is -3.55. The predicted octanol–water partition coefficient (Wildman–Crippen LogP) is 5.76. The van der Waals surface area contributed by atoms with E-state index in [1.165, 1.54) is 18.4 Å². The van der Waals surface area contributed by atoms with E-state index in [2.05, 4.69) is 51.5 Å². The summed E-state index contributed by atoms with van der Waals surface area (Å²) in [6, 6.07) is 18.5. The quantitative estimate of drug-likeness (QED) is 0.353. The van der Waals surface area contributed by atoms with Gasteiger partial charge in [0.25, 0.3) is 5.56 Å². The molecule has 1 aliphatic rings. The molecule has 0 aliphatic carbocycles. The van der Waals surface area contributed by atoms with Crippen molar-refractivity contribution in [2.24, 2.45) is 7.05 Å². The molecule has 4 heterocycles. The largest absolute Gasteiger partial charge is 0.340 e. The van der Waals surface area contributed by atoms with E-state index in [1.807, 2.05) is 49.1 Å². The normalized spacial score (nSPS) is 15.1. The third kappa shape index (κ3) is 4.22. The number of likely N-dealkylation sites (tertiary alicyclic amines) is 1. The summed E-state index contributed by atoms with van der Waals surface area (Å²) in [7, 11) is 4.01. The van der Waals surface area contributed by atoms with Gasteiger partial charge in [-0.25, -0.2) is 9.97 Å². The van der Waals surface area contributed by atoms with E-state index in [1.54, 1.807) is 15.9 Å². The standard InChI is InChI=1S/C28H27N5OS/c1-32-11-9-19(10-12-32)18-3-6-22(7-4-18)31-27-15-25-21(16-29-27)13-23(28(34)33(25)2)20-5-8-26-24(14-20)30-17-35-26/h3-8,13-17,19H,9-12H2,1-2H3,(H,29,31). The summed E-state index contributed by atoms with van der Waals surface area (Å²) >= 11 is 1.60. The number of hydrogen-bond acceptors (Lipinski definition) is 6. The van der Waals surface area contributed by atoms with Crippen molar-refractivity contribution in [3.8, 4) is 11.1 Å². The molecule has 0 saturated carbocycles. The van der Waals surface area contributed by atoms with E-state index >= 15 is 0 Å². The fourth-order valence-electron chi connectivity index (χ4n) is 4.99. The van der Waals surface area contributed by atoms with Crippen LogP contribution in [0.25, 0.3) is 32.2 Å². The van der Waals surface area contributed by atoms with Crippen LogP contribution in [-0.4, -0.2) is 39.6 Å². The second-order valence-corrected chi connectivity index (χ2v) is 10.3. The van der Waals surface area contributed by atoms with Crippen molar-refractivity contribution in [2.75, 3.05) is 25.5 Å². The third-order valence-electron chi connectivity index (χ3n) is 7.12. The number of pyridine rings is 2. The van der Waals surface area contributed by atoms with Crippen molar-refractivity contribution in [3.63, 3.8) is 0 Å². The van der Waals surface area contributed by atoms with Crippen LogP contribution < -0.4 is 10.9 Å². The van der Waals surface area contributed by atoms with Crippen LogP contribution in [-0.2, 0) is 7.05 Å². The molecular formula is C28H27N5OS. The number of hydrogen-bond donors (Lipinski definition) is 1. The van der Waals surface area contributed by atoms with Gasteiger partial charge < -0.3 is 14.8 Å². The van der Waals surface area contributed by atoms with Gasteiger partial charge in [-0.3, -0.25) is 4.79 Å². The van der Waals surface area contributed by atoms with Crippen molar-refractivity contribution < 1.29 is 0 Å². The number of nitrogens with zero attached hydrogens (tertiary/aromatic N) is 4. The maximum Gasteiger partial charge on any atom is 0.258 e. The molecule has 0 spiro atoms. The van der Waals surface area contributed by atoms with Crippen LogP contribution in [0.4, 0.5) is 11.5 Å². The molecule has 35 heavy (non-hydrogen) atoms. The van der Waals surface area contributed by atoms with E-state index < -0.39 is 0 Å². The number of thiazole rings is 1. The molecule has 6 rings (SSSR count). The van der Waals surface area contributed by atoms with Gasteiger partial charge in [-0.05, 0) is 80.4 Å². The van der Waals surface area contributed by atoms with Crippen LogP contribution in [0.2, 0.25) is 0 Å². The molecular weight excluding hydrogens is 454 g/mol. The Morgan fingerprint density at radius 2 is 1.77 bits per heavy atom. The second kappa shape index (κ2) is 8.91. The summed E-state index contributed by atoms with van der Waals surface area (Å²) in [5.41, 5.74) is 7.47. The summed E-state index contributed by atoms with van der Waals surface area (Å²) in [6.07, 6.45) is 4.25. The minimum atomic E-state index is -0.0355. The van der Waals surface area contributed by atoms with Crippen molar-refractivity contribution in [2.45, 2.75) is 18.8 Å². The van der Waals surface area contributed by atoms with Crippen LogP contribution in [0.5, 0.6) is 0 Å². The number of nitrogens with one attached hydrogen (secondary N) is 1. The van der Waals surface area contributed by atoms with E-state index in [9.17, 15) is 4.79 Å². The fourth-order valence-corrected chi connectivity index (χ4v) is 5.65. The van der Waals surface area contributed by atoms with Crippen molar-refractivity contribution >= 4 is 44.0 Å². The van der Waals surface area contributed by atoms with Crippen molar-refractivity contribution in [1.82, 2.24) is 19.4 Å². The van der Waals surface area contributed by atoms with Gasteiger partial charge in [-0.1, -0.05) is 18.2 Å². The molecule has 1 aliphatic heterocycles. The van der Waals surface area contributed by atoms with Crippen LogP contribution in [0.1, 0.15) is 24.3 Å². The van der Waals surface area contributed by atoms with Gasteiger partial charge in [0.05, 0.1) is 21.2 Å². The van der Waals surface area contributed by atoms with Gasteiger partial charge in [-0.15, -0.1) is 11.3 Å². The molecule has 0 amide bonds. The molecule has 1 fully saturated rings. The lowest BCUT2D eigenvalue weighted by molar-refractivity contribution is 0.255. The summed E-state index contributed by atoms with van der Waals surface area (Å²) < 4.78 is 2.81. The molecule has 6 nitrogen and oxygen atoms in total. The smallest absolute Gasteiger partial charge is 0.258 e. The topological polar surface area (TPSA) is 63.0 Å². The lowest BCUT2D eigenvalue weighted by atomic mass is 9.89. The zero-order valence-corrected chi connectivity index (χ0v) is 20.7. The number of rotatable bonds is 4. The highest BCUT2D eigenvalue weighted by Gasteiger charge is 2.18. The molecule has 3 aromatic heterocycles. The first kappa shape index (κ1) is 21.9. The molecule has 0 radical (unpaired) electrons. The minimum Gasteiger partial charge on any atom is -0.340 e. The van der Waals surface area contributed by atoms with Crippen LogP contribution in [0.3, 0.4) is 0 Å². The highest BCUT2D eigenvalue weighted by molar-refractivity contribution is 7.16. The summed E-state index contributed by atoms with van der Waals surface area (Å²) in [5, 5.41) is 4.32. The molecule has 1 N–H and O–H groups in total. The Balaban J connectivity index is 1.27. The van der Waals surface area contributed by atoms with Crippen molar-refractivity contribution in [3.05, 3.63) is 82.2 Å². The molecule has 176 valence electrons. The fraction of sp³-hybridized carbons (Fsp3) is 0.250. The zero-order valence-electron chi connectivity index (χ0n) is 19.9. The molecule has 7 heteroatoms. The molecule has 2 aromatic carbocycles. The van der Waals surface area contributed by atoms with Gasteiger partial charge in [0.2, 0.25) is 0 Å². The van der Waals surface area contributed by atoms with E-state index in [0.29, 0.717) is 11.5 Å². The summed E-state index contributed by atoms with van der Waals surface area (Å²) in [6.45, 7) is 2.32. The van der Waals surface area contributed by atoms with Gasteiger partial charge in [0.1, 0.15) is 5.82 Å². The first-order chi connectivity index (χ1) is 17.0. The summed E-state index contributed by atoms with van der Waals surface area (Å²) in [5.74, 6) is 1.36. The minimum absolute atomic E-state index is 0.0355. The molecule has 1 saturated heterocycles. The Bertz CT molecular complexity index is 1580. The number of aromatic nitrogens is 3. The van der Waals surface area contributed by atoms with Crippen LogP contribution in [0, 0.1) is 0 Å². The Morgan fingerprint density at radius 1 is 0.971 bits per heavy atom. The van der Waals surface area contributed by atoms with E-state index in [-0.39, 0.29) is 5.56 Å². The van der Waals surface area contributed by atoms with Gasteiger partial charge in [-0.2, -0.15) is 0 Å². The number of benzene rings is 2. The van der Waals surface area contributed by atoms with Gasteiger partial charge in [0.15, 0.2) is 0 Å². The second-order valence-electron chi connectivity index (χ2n) is 9.41. The summed E-state index contributed by atoms with van der Waals surface area (Å²) in [4.78, 5) is 24.7. The SMILES string of the molecule is CN1CCC(c2ccc(Nc3cc4c(cn3)cc(-c3ccc5scnc5c3)c(=O)n4C)cc2)CC1. The molecule has 5 aromatic rings. The molecule has 0 unspecified atom stereocenters. The van der Waals surface area contributed by atoms with E-state index in [0.717, 1.165) is 51.3 Å². The van der Waals surface area contributed by atoms with Crippen LogP contribution in [0.15, 0.2) is 71.1 Å². The number of aryl methyl sites for hydroxylation is 1. The maximum atomic E-state index is 13.2. The number of fused-ring (bicyclic) bond motifs is 2. The van der Waals surface area contributed by atoms with Gasteiger partial charge in [0, 0.05) is 35.9 Å². The highest BCUT2D eigenvalue weighted by Crippen LogP contribution is 2.30. The number of anilines is 2. The van der Waals surface area contributed by atoms with Gasteiger partial charge >= 0.3 is 0 Å². The Morgan fingerprint density at radius 3 is 2.57 bits per heavy atom. The lowest BCUT2D eigenvalue weighted by Crippen LogP contribution is -2.29. The zero-order chi connectivity index (χ0) is 23.9. The lowest BCUT2D eigenvalue weighted by Gasteiger charge is -2.29. The van der Waals surface area contributed by atoms with E-state index in [4.69, 9.17) is 0 Å².